The van der Waals surface area contributed by atoms with Crippen molar-refractivity contribution in [2.24, 2.45) is 5.73 Å². The molecule has 1 fully saturated rings. The minimum atomic E-state index is -0.429. The van der Waals surface area contributed by atoms with Crippen molar-refractivity contribution < 1.29 is 4.79 Å². The molecule has 2 atom stereocenters. The molecule has 0 aromatic heterocycles. The predicted molar refractivity (Wildman–Crippen MR) is 66.0 cm³/mol. The van der Waals surface area contributed by atoms with E-state index in [-0.39, 0.29) is 5.91 Å². The third-order valence-corrected chi connectivity index (χ3v) is 4.29. The molecule has 15 heavy (non-hydrogen) atoms. The molecule has 3 nitrogen and oxygen atoms in total. The van der Waals surface area contributed by atoms with Gasteiger partial charge in [0.15, 0.2) is 0 Å². The topological polar surface area (TPSA) is 55.1 Å². The van der Waals surface area contributed by atoms with E-state index >= 15 is 0 Å². The molecular formula is C11H22N2OS. The number of hydrogen-bond donors (Lipinski definition) is 2. The standard InChI is InChI=1S/C11H22N2OS/c1-3-7-13-11(10(12)14)6-4-5-9(8-11)15-2/h9,13H,3-8H2,1-2H3,(H2,12,14). The summed E-state index contributed by atoms with van der Waals surface area (Å²) >= 11 is 1.85. The minimum Gasteiger partial charge on any atom is -0.368 e. The molecule has 0 spiro atoms. The van der Waals surface area contributed by atoms with Gasteiger partial charge >= 0.3 is 0 Å². The molecule has 2 unspecified atom stereocenters. The van der Waals surface area contributed by atoms with Crippen LogP contribution in [0.25, 0.3) is 0 Å². The summed E-state index contributed by atoms with van der Waals surface area (Å²) in [6.45, 7) is 2.99. The molecule has 1 amide bonds. The Morgan fingerprint density at radius 1 is 1.67 bits per heavy atom. The van der Waals surface area contributed by atoms with Crippen molar-refractivity contribution in [1.29, 1.82) is 0 Å². The van der Waals surface area contributed by atoms with Crippen LogP contribution >= 0.6 is 11.8 Å². The van der Waals surface area contributed by atoms with Crippen molar-refractivity contribution in [3.05, 3.63) is 0 Å². The van der Waals surface area contributed by atoms with E-state index in [4.69, 9.17) is 5.73 Å². The van der Waals surface area contributed by atoms with Gasteiger partial charge in [-0.1, -0.05) is 6.92 Å². The number of nitrogens with two attached hydrogens (primary N) is 1. The van der Waals surface area contributed by atoms with Crippen LogP contribution < -0.4 is 11.1 Å². The summed E-state index contributed by atoms with van der Waals surface area (Å²) in [5.41, 5.74) is 5.12. The van der Waals surface area contributed by atoms with Crippen molar-refractivity contribution in [2.75, 3.05) is 12.8 Å². The third kappa shape index (κ3) is 3.11. The second kappa shape index (κ2) is 5.75. The van der Waals surface area contributed by atoms with Gasteiger partial charge in [0.25, 0.3) is 0 Å². The second-order valence-corrected chi connectivity index (χ2v) is 5.47. The smallest absolute Gasteiger partial charge is 0.237 e. The quantitative estimate of drug-likeness (QED) is 0.753. The summed E-state index contributed by atoms with van der Waals surface area (Å²) < 4.78 is 0. The van der Waals surface area contributed by atoms with E-state index in [2.05, 4.69) is 18.5 Å². The highest BCUT2D eigenvalue weighted by atomic mass is 32.2. The lowest BCUT2D eigenvalue weighted by atomic mass is 9.80. The molecule has 0 aliphatic heterocycles. The van der Waals surface area contributed by atoms with Gasteiger partial charge in [-0.2, -0.15) is 11.8 Å². The minimum absolute atomic E-state index is 0.172. The molecule has 1 aliphatic rings. The molecule has 0 aromatic carbocycles. The van der Waals surface area contributed by atoms with Crippen molar-refractivity contribution in [3.63, 3.8) is 0 Å². The molecule has 1 saturated carbocycles. The number of amides is 1. The Hall–Kier alpha value is -0.220. The Morgan fingerprint density at radius 2 is 2.40 bits per heavy atom. The summed E-state index contributed by atoms with van der Waals surface area (Å²) in [6, 6.07) is 0. The lowest BCUT2D eigenvalue weighted by Gasteiger charge is -2.38. The molecule has 0 aromatic rings. The monoisotopic (exact) mass is 230 g/mol. The fourth-order valence-corrected chi connectivity index (χ4v) is 3.11. The van der Waals surface area contributed by atoms with E-state index in [1.54, 1.807) is 0 Å². The van der Waals surface area contributed by atoms with Crippen molar-refractivity contribution in [2.45, 2.75) is 49.8 Å². The lowest BCUT2D eigenvalue weighted by Crippen LogP contribution is -2.58. The summed E-state index contributed by atoms with van der Waals surface area (Å²) in [5.74, 6) is -0.172. The Labute approximate surface area is 96.6 Å². The highest BCUT2D eigenvalue weighted by Gasteiger charge is 2.40. The van der Waals surface area contributed by atoms with Crippen LogP contribution in [-0.4, -0.2) is 29.5 Å². The van der Waals surface area contributed by atoms with Crippen LogP contribution in [0.15, 0.2) is 0 Å². The van der Waals surface area contributed by atoms with E-state index in [9.17, 15) is 4.79 Å². The fourth-order valence-electron chi connectivity index (χ4n) is 2.26. The third-order valence-electron chi connectivity index (χ3n) is 3.22. The maximum Gasteiger partial charge on any atom is 0.237 e. The zero-order valence-corrected chi connectivity index (χ0v) is 10.5. The van der Waals surface area contributed by atoms with Gasteiger partial charge in [-0.3, -0.25) is 4.79 Å². The van der Waals surface area contributed by atoms with Gasteiger partial charge in [-0.15, -0.1) is 0 Å². The molecule has 0 bridgehead atoms. The van der Waals surface area contributed by atoms with Gasteiger partial charge < -0.3 is 11.1 Å². The first-order valence-electron chi connectivity index (χ1n) is 5.72. The van der Waals surface area contributed by atoms with E-state index in [0.29, 0.717) is 5.25 Å². The van der Waals surface area contributed by atoms with E-state index < -0.39 is 5.54 Å². The van der Waals surface area contributed by atoms with Crippen LogP contribution in [0.4, 0.5) is 0 Å². The lowest BCUT2D eigenvalue weighted by molar-refractivity contribution is -0.125. The maximum absolute atomic E-state index is 11.6. The van der Waals surface area contributed by atoms with E-state index in [1.165, 1.54) is 6.42 Å². The molecule has 4 heteroatoms. The van der Waals surface area contributed by atoms with Gasteiger partial charge in [0.1, 0.15) is 0 Å². The number of thioether (sulfide) groups is 1. The van der Waals surface area contributed by atoms with Gasteiger partial charge in [-0.05, 0) is 44.9 Å². The normalized spacial score (nSPS) is 31.5. The van der Waals surface area contributed by atoms with Crippen LogP contribution in [0.5, 0.6) is 0 Å². The first kappa shape index (κ1) is 12.8. The van der Waals surface area contributed by atoms with Gasteiger partial charge in [0, 0.05) is 5.25 Å². The largest absolute Gasteiger partial charge is 0.368 e. The van der Waals surface area contributed by atoms with Crippen molar-refractivity contribution in [3.8, 4) is 0 Å². The molecular weight excluding hydrogens is 208 g/mol. The Bertz CT molecular complexity index is 223. The number of rotatable bonds is 5. The fraction of sp³-hybridized carbons (Fsp3) is 0.909. The maximum atomic E-state index is 11.6. The zero-order valence-electron chi connectivity index (χ0n) is 9.71. The van der Waals surface area contributed by atoms with Gasteiger partial charge in [0.2, 0.25) is 5.91 Å². The predicted octanol–water partition coefficient (Wildman–Crippen LogP) is 1.52. The molecule has 0 heterocycles. The molecule has 1 rings (SSSR count). The van der Waals surface area contributed by atoms with E-state index in [1.807, 2.05) is 11.8 Å². The first-order chi connectivity index (χ1) is 7.14. The van der Waals surface area contributed by atoms with Crippen molar-refractivity contribution >= 4 is 17.7 Å². The SMILES string of the molecule is CCCNC1(C(N)=O)CCCC(SC)C1. The summed E-state index contributed by atoms with van der Waals surface area (Å²) in [7, 11) is 0. The van der Waals surface area contributed by atoms with Crippen LogP contribution in [-0.2, 0) is 4.79 Å². The number of nitrogens with one attached hydrogen (secondary N) is 1. The second-order valence-electron chi connectivity index (χ2n) is 4.33. The van der Waals surface area contributed by atoms with Gasteiger partial charge in [-0.25, -0.2) is 0 Å². The first-order valence-corrected chi connectivity index (χ1v) is 7.01. The number of carbonyl (C=O) groups is 1. The Morgan fingerprint density at radius 3 is 2.93 bits per heavy atom. The highest BCUT2D eigenvalue weighted by Crippen LogP contribution is 2.33. The molecule has 1 aliphatic carbocycles. The molecule has 0 saturated heterocycles. The van der Waals surface area contributed by atoms with Gasteiger partial charge in [0.05, 0.1) is 5.54 Å². The average molecular weight is 230 g/mol. The van der Waals surface area contributed by atoms with Crippen LogP contribution in [0, 0.1) is 0 Å². The van der Waals surface area contributed by atoms with Crippen LogP contribution in [0.3, 0.4) is 0 Å². The molecule has 88 valence electrons. The average Bonchev–Trinajstić information content (AvgIpc) is 2.26. The highest BCUT2D eigenvalue weighted by molar-refractivity contribution is 7.99. The van der Waals surface area contributed by atoms with E-state index in [0.717, 1.165) is 32.2 Å². The number of hydrogen-bond acceptors (Lipinski definition) is 3. The number of primary amides is 1. The van der Waals surface area contributed by atoms with Crippen LogP contribution in [0.2, 0.25) is 0 Å². The summed E-state index contributed by atoms with van der Waals surface area (Å²) in [4.78, 5) is 11.6. The summed E-state index contributed by atoms with van der Waals surface area (Å²) in [5, 5.41) is 3.94. The van der Waals surface area contributed by atoms with Crippen molar-refractivity contribution in [1.82, 2.24) is 5.32 Å². The number of carbonyl (C=O) groups excluding carboxylic acids is 1. The van der Waals surface area contributed by atoms with Crippen LogP contribution in [0.1, 0.15) is 39.0 Å². The Kier molecular flexibility index (Phi) is 4.93. The zero-order chi connectivity index (χ0) is 11.3. The Balaban J connectivity index is 2.66. The molecule has 0 radical (unpaired) electrons. The molecule has 3 N–H and O–H groups in total. The summed E-state index contributed by atoms with van der Waals surface area (Å²) in [6.07, 6.45) is 7.26.